The number of fused-ring (bicyclic) bond motifs is 1. The number of imidazole rings is 1. The number of unbranched alkanes of at least 4 members (excludes halogenated alkanes) is 1. The Morgan fingerprint density at radius 2 is 1.88 bits per heavy atom. The normalized spacial score (nSPS) is 12.5. The van der Waals surface area contributed by atoms with E-state index in [1.807, 2.05) is 56.6 Å². The average Bonchev–Trinajstić information content (AvgIpc) is 3.62. The number of aromatic nitrogens is 4. The fraction of sp³-hybridized carbons (Fsp3) is 0.387. The molecule has 42 heavy (non-hydrogen) atoms. The Morgan fingerprint density at radius 1 is 1.19 bits per heavy atom. The van der Waals surface area contributed by atoms with E-state index in [1.54, 1.807) is 17.9 Å². The Hall–Kier alpha value is -4.51. The van der Waals surface area contributed by atoms with Gasteiger partial charge >= 0.3 is 6.03 Å². The van der Waals surface area contributed by atoms with Crippen molar-refractivity contribution in [2.24, 2.45) is 7.05 Å². The summed E-state index contributed by atoms with van der Waals surface area (Å²) in [6.45, 7) is 4.69. The van der Waals surface area contributed by atoms with Crippen molar-refractivity contribution in [3.63, 3.8) is 0 Å². The third-order valence-corrected chi connectivity index (χ3v) is 6.99. The summed E-state index contributed by atoms with van der Waals surface area (Å²) >= 11 is 0. The molecular formula is C31H40N8O3. The van der Waals surface area contributed by atoms with Crippen molar-refractivity contribution in [1.29, 1.82) is 5.41 Å². The molecule has 11 nitrogen and oxygen atoms in total. The highest BCUT2D eigenvalue weighted by Gasteiger charge is 2.37. The van der Waals surface area contributed by atoms with Gasteiger partial charge in [-0.3, -0.25) is 15.0 Å². The van der Waals surface area contributed by atoms with Crippen LogP contribution in [0.1, 0.15) is 45.2 Å². The topological polar surface area (TPSA) is 141 Å². The second kappa shape index (κ2) is 13.9. The van der Waals surface area contributed by atoms with Crippen molar-refractivity contribution in [1.82, 2.24) is 35.3 Å². The van der Waals surface area contributed by atoms with Crippen LogP contribution in [0, 0.1) is 5.41 Å². The van der Waals surface area contributed by atoms with Crippen LogP contribution < -0.4 is 15.4 Å². The van der Waals surface area contributed by atoms with Gasteiger partial charge in [0, 0.05) is 49.1 Å². The lowest BCUT2D eigenvalue weighted by atomic mass is 10.1. The number of aldehydes is 1. The van der Waals surface area contributed by atoms with Crippen LogP contribution in [0.5, 0.6) is 5.75 Å². The minimum absolute atomic E-state index is 0.00208. The van der Waals surface area contributed by atoms with E-state index in [1.165, 1.54) is 4.90 Å². The molecule has 0 atom stereocenters. The summed E-state index contributed by atoms with van der Waals surface area (Å²) in [5.74, 6) is 1.37. The quantitative estimate of drug-likeness (QED) is 0.0937. The van der Waals surface area contributed by atoms with Crippen LogP contribution in [0.2, 0.25) is 0 Å². The van der Waals surface area contributed by atoms with Crippen LogP contribution in [0.3, 0.4) is 0 Å². The number of hydrogen-bond acceptors (Lipinski definition) is 7. The van der Waals surface area contributed by atoms with Crippen molar-refractivity contribution >= 4 is 29.1 Å². The molecule has 4 N–H and O–H groups in total. The van der Waals surface area contributed by atoms with Crippen molar-refractivity contribution in [3.05, 3.63) is 54.4 Å². The molecule has 11 heteroatoms. The van der Waals surface area contributed by atoms with Crippen LogP contribution in [0.4, 0.5) is 4.79 Å². The number of rotatable bonds is 10. The second-order valence-electron chi connectivity index (χ2n) is 10.5. The number of urea groups is 1. The number of carbonyl (C=O) groups excluding carboxylic acids is 2. The van der Waals surface area contributed by atoms with Gasteiger partial charge in [0.05, 0.1) is 18.3 Å². The van der Waals surface area contributed by atoms with E-state index in [4.69, 9.17) is 15.1 Å². The highest BCUT2D eigenvalue weighted by molar-refractivity contribution is 6.09. The SMILES string of the molecule is CNC(=O)N(C(=N)c1[nH]c(-c2ccc(OCCCC=O)cc2)nc1-c1ccc2cnn(C)c2c1)C1CC1.CNC(C)C. The Bertz CT molecular complexity index is 1520. The first-order valence-corrected chi connectivity index (χ1v) is 14.2. The molecule has 2 heterocycles. The molecule has 0 aliphatic heterocycles. The molecule has 0 saturated heterocycles. The molecule has 4 aromatic rings. The third kappa shape index (κ3) is 7.22. The first-order chi connectivity index (χ1) is 20.3. The van der Waals surface area contributed by atoms with Crippen molar-refractivity contribution in [2.45, 2.75) is 51.6 Å². The van der Waals surface area contributed by atoms with E-state index < -0.39 is 0 Å². The van der Waals surface area contributed by atoms with Gasteiger partial charge < -0.3 is 25.1 Å². The van der Waals surface area contributed by atoms with Crippen molar-refractivity contribution < 1.29 is 14.3 Å². The van der Waals surface area contributed by atoms with E-state index in [0.29, 0.717) is 48.5 Å². The summed E-state index contributed by atoms with van der Waals surface area (Å²) < 4.78 is 7.50. The Balaban J connectivity index is 0.000000748. The predicted octanol–water partition coefficient (Wildman–Crippen LogP) is 4.73. The zero-order valence-corrected chi connectivity index (χ0v) is 24.9. The summed E-state index contributed by atoms with van der Waals surface area (Å²) in [6, 6.07) is 13.8. The standard InChI is InChI=1S/C27H29N7O3.C4H11N/c1-29-27(36)34(20-9-10-20)25(28)24-23(18-5-6-19-16-30-33(2)22(19)15-18)31-26(32-24)17-7-11-21(12-8-17)37-14-4-3-13-35;1-4(2)5-3/h5-8,11-13,15-16,20,28H,3-4,9-10,14H2,1-2H3,(H,29,36)(H,31,32);4-5H,1-3H3. The van der Waals surface area contributed by atoms with E-state index in [0.717, 1.165) is 41.2 Å². The lowest BCUT2D eigenvalue weighted by Gasteiger charge is -2.22. The van der Waals surface area contributed by atoms with Gasteiger partial charge in [0.25, 0.3) is 0 Å². The van der Waals surface area contributed by atoms with Gasteiger partial charge in [0.1, 0.15) is 29.2 Å². The molecule has 2 aromatic heterocycles. The molecule has 1 aliphatic carbocycles. The number of nitrogens with zero attached hydrogens (tertiary/aromatic N) is 4. The minimum atomic E-state index is -0.312. The molecule has 5 rings (SSSR count). The summed E-state index contributed by atoms with van der Waals surface area (Å²) in [7, 11) is 5.40. The molecule has 2 aromatic carbocycles. The van der Waals surface area contributed by atoms with Gasteiger partial charge in [-0.2, -0.15) is 5.10 Å². The van der Waals surface area contributed by atoms with Crippen LogP contribution in [-0.2, 0) is 11.8 Å². The largest absolute Gasteiger partial charge is 0.494 e. The predicted molar refractivity (Wildman–Crippen MR) is 165 cm³/mol. The molecule has 2 amide bonds. The highest BCUT2D eigenvalue weighted by atomic mass is 16.5. The number of amides is 2. The fourth-order valence-electron chi connectivity index (χ4n) is 4.27. The number of hydrogen-bond donors (Lipinski definition) is 4. The Kier molecular flexibility index (Phi) is 10.1. The van der Waals surface area contributed by atoms with Gasteiger partial charge in [-0.25, -0.2) is 9.78 Å². The molecule has 0 radical (unpaired) electrons. The Labute approximate surface area is 246 Å². The molecule has 0 bridgehead atoms. The molecular weight excluding hydrogens is 532 g/mol. The fourth-order valence-corrected chi connectivity index (χ4v) is 4.27. The van der Waals surface area contributed by atoms with Crippen molar-refractivity contribution in [2.75, 3.05) is 20.7 Å². The van der Waals surface area contributed by atoms with Gasteiger partial charge in [0.2, 0.25) is 0 Å². The maximum absolute atomic E-state index is 12.7. The minimum Gasteiger partial charge on any atom is -0.494 e. The van der Waals surface area contributed by atoms with Gasteiger partial charge in [-0.1, -0.05) is 26.0 Å². The van der Waals surface area contributed by atoms with Gasteiger partial charge in [-0.15, -0.1) is 0 Å². The van der Waals surface area contributed by atoms with Gasteiger partial charge in [-0.05, 0) is 56.6 Å². The molecule has 0 unspecified atom stereocenters. The third-order valence-electron chi connectivity index (χ3n) is 6.99. The summed E-state index contributed by atoms with van der Waals surface area (Å²) in [4.78, 5) is 32.9. The number of H-pyrrole nitrogens is 1. The lowest BCUT2D eigenvalue weighted by molar-refractivity contribution is -0.108. The molecule has 1 saturated carbocycles. The van der Waals surface area contributed by atoms with Gasteiger partial charge in [0.15, 0.2) is 5.84 Å². The number of aromatic amines is 1. The number of carbonyl (C=O) groups is 2. The average molecular weight is 573 g/mol. The number of nitrogens with one attached hydrogen (secondary N) is 4. The van der Waals surface area contributed by atoms with E-state index >= 15 is 0 Å². The first kappa shape index (κ1) is 30.4. The number of amidine groups is 1. The van der Waals surface area contributed by atoms with Crippen LogP contribution in [0.25, 0.3) is 33.5 Å². The Morgan fingerprint density at radius 3 is 2.50 bits per heavy atom. The summed E-state index contributed by atoms with van der Waals surface area (Å²) in [5.41, 5.74) is 3.65. The summed E-state index contributed by atoms with van der Waals surface area (Å²) in [6.07, 6.45) is 5.56. The monoisotopic (exact) mass is 572 g/mol. The highest BCUT2D eigenvalue weighted by Crippen LogP contribution is 2.33. The maximum atomic E-state index is 12.7. The van der Waals surface area contributed by atoms with E-state index in [-0.39, 0.29) is 17.9 Å². The van der Waals surface area contributed by atoms with Crippen LogP contribution in [0.15, 0.2) is 48.7 Å². The van der Waals surface area contributed by atoms with E-state index in [9.17, 15) is 9.59 Å². The first-order valence-electron chi connectivity index (χ1n) is 14.2. The molecule has 0 spiro atoms. The zero-order valence-electron chi connectivity index (χ0n) is 24.9. The second-order valence-corrected chi connectivity index (χ2v) is 10.5. The van der Waals surface area contributed by atoms with Crippen molar-refractivity contribution in [3.8, 4) is 28.4 Å². The molecule has 1 fully saturated rings. The number of benzene rings is 2. The number of aryl methyl sites for hydroxylation is 1. The smallest absolute Gasteiger partial charge is 0.323 e. The van der Waals surface area contributed by atoms with E-state index in [2.05, 4.69) is 34.6 Å². The maximum Gasteiger partial charge on any atom is 0.323 e. The number of ether oxygens (including phenoxy) is 1. The zero-order chi connectivity index (χ0) is 30.2. The van der Waals surface area contributed by atoms with Crippen LogP contribution >= 0.6 is 0 Å². The van der Waals surface area contributed by atoms with Crippen LogP contribution in [-0.4, -0.2) is 75.6 Å². The molecule has 222 valence electrons. The molecule has 1 aliphatic rings. The summed E-state index contributed by atoms with van der Waals surface area (Å²) in [5, 5.41) is 20.0. The lowest BCUT2D eigenvalue weighted by Crippen LogP contribution is -2.44.